The van der Waals surface area contributed by atoms with E-state index in [0.29, 0.717) is 5.41 Å². The Bertz CT molecular complexity index is 338. The van der Waals surface area contributed by atoms with Crippen LogP contribution in [0.3, 0.4) is 0 Å². The molecular formula is C14H28N4. The molecule has 0 spiro atoms. The van der Waals surface area contributed by atoms with E-state index in [1.165, 1.54) is 6.42 Å². The van der Waals surface area contributed by atoms with Crippen molar-refractivity contribution in [2.45, 2.75) is 33.7 Å². The van der Waals surface area contributed by atoms with Gasteiger partial charge in [-0.25, -0.2) is 4.98 Å². The number of nitrogens with zero attached hydrogens (tertiary/aromatic N) is 3. The molecule has 0 amide bonds. The van der Waals surface area contributed by atoms with E-state index in [1.807, 2.05) is 19.4 Å². The number of imidazole rings is 1. The molecule has 0 aliphatic carbocycles. The summed E-state index contributed by atoms with van der Waals surface area (Å²) in [7, 11) is 4.18. The summed E-state index contributed by atoms with van der Waals surface area (Å²) in [5.41, 5.74) is 0.422. The van der Waals surface area contributed by atoms with E-state index < -0.39 is 0 Å². The zero-order chi connectivity index (χ0) is 13.6. The highest BCUT2D eigenvalue weighted by molar-refractivity contribution is 4.90. The fourth-order valence-electron chi connectivity index (χ4n) is 1.73. The molecule has 104 valence electrons. The Hall–Kier alpha value is -0.870. The van der Waals surface area contributed by atoms with E-state index in [9.17, 15) is 0 Å². The largest absolute Gasteiger partial charge is 0.337 e. The Morgan fingerprint density at radius 3 is 2.61 bits per heavy atom. The summed E-state index contributed by atoms with van der Waals surface area (Å²) in [4.78, 5) is 6.63. The molecule has 1 rings (SSSR count). The highest BCUT2D eigenvalue weighted by Gasteiger charge is 2.09. The van der Waals surface area contributed by atoms with Crippen molar-refractivity contribution in [1.29, 1.82) is 0 Å². The minimum Gasteiger partial charge on any atom is -0.337 e. The maximum absolute atomic E-state index is 4.33. The van der Waals surface area contributed by atoms with Gasteiger partial charge in [0, 0.05) is 32.5 Å². The van der Waals surface area contributed by atoms with Crippen LogP contribution in [0.25, 0.3) is 0 Å². The lowest BCUT2D eigenvalue weighted by Gasteiger charge is -2.20. The first-order valence-electron chi connectivity index (χ1n) is 6.74. The fraction of sp³-hybridized carbons (Fsp3) is 0.786. The molecule has 1 N–H and O–H groups in total. The molecule has 0 aliphatic rings. The zero-order valence-electron chi connectivity index (χ0n) is 12.5. The normalized spacial score (nSPS) is 12.3. The first kappa shape index (κ1) is 15.2. The molecule has 0 radical (unpaired) electrons. The fourth-order valence-corrected chi connectivity index (χ4v) is 1.73. The van der Waals surface area contributed by atoms with E-state index in [1.54, 1.807) is 0 Å². The van der Waals surface area contributed by atoms with Crippen LogP contribution >= 0.6 is 0 Å². The molecular weight excluding hydrogens is 224 g/mol. The maximum Gasteiger partial charge on any atom is 0.122 e. The van der Waals surface area contributed by atoms with Crippen molar-refractivity contribution in [3.8, 4) is 0 Å². The van der Waals surface area contributed by atoms with Gasteiger partial charge in [0.1, 0.15) is 5.82 Å². The molecule has 0 bridgehead atoms. The number of hydrogen-bond acceptors (Lipinski definition) is 3. The molecule has 0 aliphatic heterocycles. The summed E-state index contributed by atoms with van der Waals surface area (Å²) in [6, 6.07) is 0. The Morgan fingerprint density at radius 2 is 2.06 bits per heavy atom. The van der Waals surface area contributed by atoms with E-state index in [0.717, 1.165) is 32.0 Å². The molecule has 0 fully saturated rings. The number of hydrogen-bond donors (Lipinski definition) is 1. The Labute approximate surface area is 111 Å². The lowest BCUT2D eigenvalue weighted by atomic mass is 9.92. The van der Waals surface area contributed by atoms with Crippen LogP contribution in [0.4, 0.5) is 0 Å². The van der Waals surface area contributed by atoms with E-state index in [-0.39, 0.29) is 0 Å². The van der Waals surface area contributed by atoms with Gasteiger partial charge in [-0.2, -0.15) is 0 Å². The number of nitrogens with one attached hydrogen (secondary N) is 1. The minimum atomic E-state index is 0.422. The average Bonchev–Trinajstić information content (AvgIpc) is 2.62. The van der Waals surface area contributed by atoms with Crippen molar-refractivity contribution < 1.29 is 0 Å². The molecule has 18 heavy (non-hydrogen) atoms. The number of likely N-dealkylation sites (N-methyl/N-ethyl adjacent to an activating group) is 1. The highest BCUT2D eigenvalue weighted by atomic mass is 15.2. The maximum atomic E-state index is 4.33. The smallest absolute Gasteiger partial charge is 0.122 e. The predicted octanol–water partition coefficient (Wildman–Crippen LogP) is 1.88. The van der Waals surface area contributed by atoms with Gasteiger partial charge in [0.25, 0.3) is 0 Å². The number of rotatable bonds is 7. The van der Waals surface area contributed by atoms with Gasteiger partial charge >= 0.3 is 0 Å². The van der Waals surface area contributed by atoms with Crippen LogP contribution in [0.15, 0.2) is 12.4 Å². The van der Waals surface area contributed by atoms with Crippen molar-refractivity contribution >= 4 is 0 Å². The van der Waals surface area contributed by atoms with Crippen LogP contribution in [0, 0.1) is 5.41 Å². The first-order valence-corrected chi connectivity index (χ1v) is 6.74. The third-order valence-corrected chi connectivity index (χ3v) is 3.05. The number of aryl methyl sites for hydroxylation is 1. The van der Waals surface area contributed by atoms with Gasteiger partial charge in [0.15, 0.2) is 0 Å². The van der Waals surface area contributed by atoms with Crippen LogP contribution in [-0.4, -0.2) is 41.1 Å². The van der Waals surface area contributed by atoms with Crippen LogP contribution in [-0.2, 0) is 13.6 Å². The second kappa shape index (κ2) is 6.90. The van der Waals surface area contributed by atoms with Crippen molar-refractivity contribution in [3.63, 3.8) is 0 Å². The van der Waals surface area contributed by atoms with Gasteiger partial charge in [0.05, 0.1) is 6.54 Å². The van der Waals surface area contributed by atoms with Crippen molar-refractivity contribution in [2.75, 3.05) is 26.7 Å². The Balaban J connectivity index is 2.11. The van der Waals surface area contributed by atoms with E-state index >= 15 is 0 Å². The predicted molar refractivity (Wildman–Crippen MR) is 76.5 cm³/mol. The molecule has 1 aromatic heterocycles. The summed E-state index contributed by atoms with van der Waals surface area (Å²) >= 11 is 0. The number of aromatic nitrogens is 2. The Morgan fingerprint density at radius 1 is 1.33 bits per heavy atom. The monoisotopic (exact) mass is 252 g/mol. The van der Waals surface area contributed by atoms with E-state index in [4.69, 9.17) is 0 Å². The average molecular weight is 252 g/mol. The van der Waals surface area contributed by atoms with Crippen LogP contribution < -0.4 is 5.32 Å². The third kappa shape index (κ3) is 6.17. The van der Waals surface area contributed by atoms with Gasteiger partial charge in [-0.3, -0.25) is 4.90 Å². The summed E-state index contributed by atoms with van der Waals surface area (Å²) in [6.07, 6.45) is 5.06. The molecule has 1 aromatic rings. The summed E-state index contributed by atoms with van der Waals surface area (Å²) in [5.74, 6) is 1.12. The molecule has 1 heterocycles. The molecule has 0 aromatic carbocycles. The summed E-state index contributed by atoms with van der Waals surface area (Å²) < 4.78 is 2.07. The molecule has 0 saturated heterocycles. The third-order valence-electron chi connectivity index (χ3n) is 3.05. The first-order chi connectivity index (χ1) is 8.38. The minimum absolute atomic E-state index is 0.422. The summed E-state index contributed by atoms with van der Waals surface area (Å²) in [6.45, 7) is 10.9. The zero-order valence-corrected chi connectivity index (χ0v) is 12.5. The van der Waals surface area contributed by atoms with Gasteiger partial charge in [-0.1, -0.05) is 20.8 Å². The standard InChI is InChI=1S/C14H28N4/c1-14(2,3)6-7-15-8-10-17(4)12-13-16-9-11-18(13)5/h9,11,15H,6-8,10,12H2,1-5H3. The molecule has 4 heteroatoms. The summed E-state index contributed by atoms with van der Waals surface area (Å²) in [5, 5.41) is 3.50. The van der Waals surface area contributed by atoms with Gasteiger partial charge < -0.3 is 9.88 Å². The van der Waals surface area contributed by atoms with Crippen molar-refractivity contribution in [1.82, 2.24) is 19.8 Å². The molecule has 0 saturated carbocycles. The second-order valence-corrected chi connectivity index (χ2v) is 6.25. The molecule has 0 unspecified atom stereocenters. The van der Waals surface area contributed by atoms with Crippen molar-refractivity contribution in [2.24, 2.45) is 12.5 Å². The second-order valence-electron chi connectivity index (χ2n) is 6.25. The van der Waals surface area contributed by atoms with Crippen LogP contribution in [0.1, 0.15) is 33.0 Å². The molecule has 4 nitrogen and oxygen atoms in total. The van der Waals surface area contributed by atoms with Gasteiger partial charge in [-0.15, -0.1) is 0 Å². The van der Waals surface area contributed by atoms with Gasteiger partial charge in [-0.05, 0) is 25.4 Å². The topological polar surface area (TPSA) is 33.1 Å². The lowest BCUT2D eigenvalue weighted by Crippen LogP contribution is -2.31. The van der Waals surface area contributed by atoms with Gasteiger partial charge in [0.2, 0.25) is 0 Å². The van der Waals surface area contributed by atoms with Crippen LogP contribution in [0.5, 0.6) is 0 Å². The van der Waals surface area contributed by atoms with Crippen molar-refractivity contribution in [3.05, 3.63) is 18.2 Å². The quantitative estimate of drug-likeness (QED) is 0.752. The van der Waals surface area contributed by atoms with Crippen LogP contribution in [0.2, 0.25) is 0 Å². The Kier molecular flexibility index (Phi) is 5.82. The molecule has 0 atom stereocenters. The SMILES string of the molecule is CN(CCNCCC(C)(C)C)Cc1nccn1C. The lowest BCUT2D eigenvalue weighted by molar-refractivity contribution is 0.305. The van der Waals surface area contributed by atoms with E-state index in [2.05, 4.69) is 47.6 Å². The highest BCUT2D eigenvalue weighted by Crippen LogP contribution is 2.16.